The molecule has 35 heavy (non-hydrogen) atoms. The number of rotatable bonds is 15. The van der Waals surface area contributed by atoms with Crippen LogP contribution in [0.3, 0.4) is 0 Å². The molecule has 3 amide bonds. The molecule has 1 aromatic heterocycles. The van der Waals surface area contributed by atoms with Gasteiger partial charge in [-0.15, -0.1) is 0 Å². The fourth-order valence-electron chi connectivity index (χ4n) is 3.16. The molecular formula is C21H37N9O5. The zero-order chi connectivity index (χ0) is 26.5. The van der Waals surface area contributed by atoms with E-state index < -0.39 is 47.9 Å². The van der Waals surface area contributed by atoms with Gasteiger partial charge in [0.25, 0.3) is 0 Å². The van der Waals surface area contributed by atoms with Crippen LogP contribution in [-0.4, -0.2) is 75.4 Å². The van der Waals surface area contributed by atoms with Crippen molar-refractivity contribution in [2.75, 3.05) is 6.54 Å². The number of carbonyl (C=O) groups is 4. The Morgan fingerprint density at radius 1 is 1.06 bits per heavy atom. The Morgan fingerprint density at radius 2 is 1.71 bits per heavy atom. The number of amides is 3. The van der Waals surface area contributed by atoms with Crippen molar-refractivity contribution in [3.8, 4) is 0 Å². The van der Waals surface area contributed by atoms with E-state index in [0.29, 0.717) is 18.5 Å². The largest absolute Gasteiger partial charge is 0.480 e. The van der Waals surface area contributed by atoms with Gasteiger partial charge in [0.05, 0.1) is 12.4 Å². The molecule has 0 saturated heterocycles. The van der Waals surface area contributed by atoms with Gasteiger partial charge in [0.15, 0.2) is 5.96 Å². The standard InChI is InChI=1S/C21H37N9O5/c1-11(2)7-14(22)18(32)29-15(5-4-6-26-21(23)24)19(33)28-12(3)17(31)30-16(20(34)35)8-13-9-25-10-27-13/h9-12,14-16H,4-8,22H2,1-3H3,(H,25,27)(H,28,33)(H,29,32)(H,30,31)(H,34,35)(H4,23,24,26). The Labute approximate surface area is 203 Å². The lowest BCUT2D eigenvalue weighted by molar-refractivity contribution is -0.142. The van der Waals surface area contributed by atoms with Crippen LogP contribution in [0.4, 0.5) is 0 Å². The number of nitrogens with zero attached hydrogens (tertiary/aromatic N) is 2. The number of carboxylic acid groups (broad SMARTS) is 1. The molecule has 11 N–H and O–H groups in total. The number of aliphatic imine (C=N–C) groups is 1. The van der Waals surface area contributed by atoms with Crippen LogP contribution >= 0.6 is 0 Å². The summed E-state index contributed by atoms with van der Waals surface area (Å²) in [7, 11) is 0. The van der Waals surface area contributed by atoms with Gasteiger partial charge in [-0.25, -0.2) is 9.78 Å². The first-order valence-electron chi connectivity index (χ1n) is 11.3. The second-order valence-electron chi connectivity index (χ2n) is 8.66. The SMILES string of the molecule is CC(C)CC(N)C(=O)NC(CCCN=C(N)N)C(=O)NC(C)C(=O)NC(Cc1cnc[nH]1)C(=O)O. The maximum Gasteiger partial charge on any atom is 0.326 e. The minimum Gasteiger partial charge on any atom is -0.480 e. The maximum absolute atomic E-state index is 12.9. The van der Waals surface area contributed by atoms with Gasteiger partial charge in [-0.2, -0.15) is 0 Å². The van der Waals surface area contributed by atoms with E-state index in [-0.39, 0.29) is 31.3 Å². The number of H-pyrrole nitrogens is 1. The minimum atomic E-state index is -1.24. The molecule has 196 valence electrons. The highest BCUT2D eigenvalue weighted by molar-refractivity contribution is 5.93. The number of hydrogen-bond donors (Lipinski definition) is 8. The number of carbonyl (C=O) groups excluding carboxylic acids is 3. The number of aromatic amines is 1. The van der Waals surface area contributed by atoms with Crippen molar-refractivity contribution in [3.63, 3.8) is 0 Å². The summed E-state index contributed by atoms with van der Waals surface area (Å²) in [4.78, 5) is 59.9. The van der Waals surface area contributed by atoms with Crippen molar-refractivity contribution >= 4 is 29.7 Å². The summed E-state index contributed by atoms with van der Waals surface area (Å²) in [5.74, 6) is -2.98. The van der Waals surface area contributed by atoms with Crippen molar-refractivity contribution in [1.29, 1.82) is 0 Å². The molecule has 0 radical (unpaired) electrons. The van der Waals surface area contributed by atoms with E-state index in [2.05, 4.69) is 30.9 Å². The number of carboxylic acids is 1. The van der Waals surface area contributed by atoms with E-state index in [1.165, 1.54) is 19.4 Å². The topological polar surface area (TPSA) is 244 Å². The zero-order valence-corrected chi connectivity index (χ0v) is 20.3. The number of imidazole rings is 1. The molecule has 0 aliphatic carbocycles. The van der Waals surface area contributed by atoms with Crippen molar-refractivity contribution in [3.05, 3.63) is 18.2 Å². The average Bonchev–Trinajstić information content (AvgIpc) is 3.27. The molecule has 0 saturated carbocycles. The van der Waals surface area contributed by atoms with E-state index >= 15 is 0 Å². The Kier molecular flexibility index (Phi) is 12.2. The van der Waals surface area contributed by atoms with Gasteiger partial charge in [-0.1, -0.05) is 13.8 Å². The molecule has 0 bridgehead atoms. The smallest absolute Gasteiger partial charge is 0.326 e. The highest BCUT2D eigenvalue weighted by Crippen LogP contribution is 2.06. The van der Waals surface area contributed by atoms with Crippen LogP contribution in [-0.2, 0) is 25.6 Å². The van der Waals surface area contributed by atoms with Gasteiger partial charge in [0.1, 0.15) is 18.1 Å². The lowest BCUT2D eigenvalue weighted by Gasteiger charge is -2.24. The molecule has 1 heterocycles. The fraction of sp³-hybridized carbons (Fsp3) is 0.619. The predicted octanol–water partition coefficient (Wildman–Crippen LogP) is -2.06. The van der Waals surface area contributed by atoms with Crippen LogP contribution in [0.25, 0.3) is 0 Å². The first-order chi connectivity index (χ1) is 16.4. The summed E-state index contributed by atoms with van der Waals surface area (Å²) in [5, 5.41) is 16.9. The first kappa shape index (κ1) is 29.4. The van der Waals surface area contributed by atoms with Crippen molar-refractivity contribution in [1.82, 2.24) is 25.9 Å². The molecule has 4 atom stereocenters. The number of nitrogens with two attached hydrogens (primary N) is 3. The van der Waals surface area contributed by atoms with Crippen LogP contribution < -0.4 is 33.2 Å². The number of aliphatic carboxylic acids is 1. The van der Waals surface area contributed by atoms with Crippen molar-refractivity contribution in [2.24, 2.45) is 28.1 Å². The molecule has 1 rings (SSSR count). The number of guanidine groups is 1. The van der Waals surface area contributed by atoms with Crippen LogP contribution in [0.5, 0.6) is 0 Å². The predicted molar refractivity (Wildman–Crippen MR) is 129 cm³/mol. The Bertz CT molecular complexity index is 869. The van der Waals surface area contributed by atoms with E-state index in [1.54, 1.807) is 0 Å². The summed E-state index contributed by atoms with van der Waals surface area (Å²) < 4.78 is 0. The summed E-state index contributed by atoms with van der Waals surface area (Å²) in [5.41, 5.74) is 17.1. The molecule has 0 aliphatic rings. The summed E-state index contributed by atoms with van der Waals surface area (Å²) in [6, 6.07) is -4.10. The van der Waals surface area contributed by atoms with Gasteiger partial charge >= 0.3 is 5.97 Å². The summed E-state index contributed by atoms with van der Waals surface area (Å²) in [6.07, 6.45) is 3.83. The van der Waals surface area contributed by atoms with E-state index in [9.17, 15) is 24.3 Å². The van der Waals surface area contributed by atoms with Gasteiger partial charge in [-0.3, -0.25) is 19.4 Å². The van der Waals surface area contributed by atoms with E-state index in [0.717, 1.165) is 0 Å². The lowest BCUT2D eigenvalue weighted by atomic mass is 10.0. The van der Waals surface area contributed by atoms with E-state index in [4.69, 9.17) is 17.2 Å². The second kappa shape index (κ2) is 14.6. The normalized spacial score (nSPS) is 14.3. The highest BCUT2D eigenvalue weighted by Gasteiger charge is 2.28. The Balaban J connectivity index is 2.80. The third-order valence-corrected chi connectivity index (χ3v) is 4.99. The van der Waals surface area contributed by atoms with Gasteiger partial charge in [-0.05, 0) is 32.1 Å². The maximum atomic E-state index is 12.9. The van der Waals surface area contributed by atoms with Gasteiger partial charge in [0, 0.05) is 24.9 Å². The molecule has 14 nitrogen and oxygen atoms in total. The zero-order valence-electron chi connectivity index (χ0n) is 20.3. The molecular weight excluding hydrogens is 458 g/mol. The molecule has 1 aromatic rings. The molecule has 4 unspecified atom stereocenters. The van der Waals surface area contributed by atoms with Crippen molar-refractivity contribution < 1.29 is 24.3 Å². The number of aromatic nitrogens is 2. The summed E-state index contributed by atoms with van der Waals surface area (Å²) >= 11 is 0. The molecule has 0 spiro atoms. The molecule has 14 heteroatoms. The van der Waals surface area contributed by atoms with Crippen LogP contribution in [0.1, 0.15) is 45.7 Å². The minimum absolute atomic E-state index is 0.0149. The first-order valence-corrected chi connectivity index (χ1v) is 11.3. The monoisotopic (exact) mass is 495 g/mol. The van der Waals surface area contributed by atoms with E-state index in [1.807, 2.05) is 13.8 Å². The van der Waals surface area contributed by atoms with Gasteiger partial charge in [0.2, 0.25) is 17.7 Å². The quantitative estimate of drug-likeness (QED) is 0.0756. The average molecular weight is 496 g/mol. The van der Waals surface area contributed by atoms with Crippen LogP contribution in [0, 0.1) is 5.92 Å². The molecule has 0 aliphatic heterocycles. The number of nitrogens with one attached hydrogen (secondary N) is 4. The fourth-order valence-corrected chi connectivity index (χ4v) is 3.16. The molecule has 0 fully saturated rings. The Hall–Kier alpha value is -3.68. The van der Waals surface area contributed by atoms with Gasteiger partial charge < -0.3 is 43.2 Å². The van der Waals surface area contributed by atoms with Crippen LogP contribution in [0.15, 0.2) is 17.5 Å². The third-order valence-electron chi connectivity index (χ3n) is 4.99. The Morgan fingerprint density at radius 3 is 2.26 bits per heavy atom. The number of hydrogen-bond acceptors (Lipinski definition) is 7. The summed E-state index contributed by atoms with van der Waals surface area (Å²) in [6.45, 7) is 5.49. The van der Waals surface area contributed by atoms with Crippen molar-refractivity contribution in [2.45, 2.75) is 70.6 Å². The third kappa shape index (κ3) is 11.3. The lowest BCUT2D eigenvalue weighted by Crippen LogP contribution is -2.56. The van der Waals surface area contributed by atoms with Crippen LogP contribution in [0.2, 0.25) is 0 Å². The second-order valence-corrected chi connectivity index (χ2v) is 8.66. The molecule has 0 aromatic carbocycles. The highest BCUT2D eigenvalue weighted by atomic mass is 16.4.